The lowest BCUT2D eigenvalue weighted by molar-refractivity contribution is 0.0779. The molecule has 5 heteroatoms. The van der Waals surface area contributed by atoms with Gasteiger partial charge in [-0.25, -0.2) is 0 Å². The van der Waals surface area contributed by atoms with E-state index in [0.29, 0.717) is 12.2 Å². The van der Waals surface area contributed by atoms with Gasteiger partial charge in [-0.15, -0.1) is 0 Å². The predicted octanol–water partition coefficient (Wildman–Crippen LogP) is 4.11. The van der Waals surface area contributed by atoms with Gasteiger partial charge in [0.05, 0.1) is 7.11 Å². The Morgan fingerprint density at radius 3 is 2.58 bits per heavy atom. The first kappa shape index (κ1) is 17.5. The largest absolute Gasteiger partial charge is 0.497 e. The standard InChI is InChI=1S/C21H21N3O2/c1-24(15-16-7-4-3-5-8-16)21(25)20-14-18(11-12-22-20)23-17-9-6-10-19(13-17)26-2/h3-14H,15H2,1-2H3,(H,22,23). The quantitative estimate of drug-likeness (QED) is 0.729. The number of ether oxygens (including phenoxy) is 1. The first-order chi connectivity index (χ1) is 12.7. The van der Waals surface area contributed by atoms with Crippen LogP contribution in [0.4, 0.5) is 11.4 Å². The van der Waals surface area contributed by atoms with Crippen LogP contribution >= 0.6 is 0 Å². The van der Waals surface area contributed by atoms with Gasteiger partial charge in [-0.05, 0) is 29.8 Å². The molecule has 132 valence electrons. The van der Waals surface area contributed by atoms with Crippen LogP contribution in [0, 0.1) is 0 Å². The summed E-state index contributed by atoms with van der Waals surface area (Å²) in [6.45, 7) is 0.537. The van der Waals surface area contributed by atoms with Gasteiger partial charge >= 0.3 is 0 Å². The monoisotopic (exact) mass is 347 g/mol. The summed E-state index contributed by atoms with van der Waals surface area (Å²) in [7, 11) is 3.41. The normalized spacial score (nSPS) is 10.2. The average Bonchev–Trinajstić information content (AvgIpc) is 2.68. The van der Waals surface area contributed by atoms with Crippen LogP contribution < -0.4 is 10.1 Å². The third-order valence-electron chi connectivity index (χ3n) is 3.95. The van der Waals surface area contributed by atoms with Gasteiger partial charge in [-0.1, -0.05) is 36.4 Å². The molecule has 0 unspecified atom stereocenters. The molecule has 3 aromatic rings. The first-order valence-corrected chi connectivity index (χ1v) is 8.32. The molecule has 1 aromatic heterocycles. The minimum absolute atomic E-state index is 0.122. The topological polar surface area (TPSA) is 54.5 Å². The molecule has 0 aliphatic heterocycles. The Kier molecular flexibility index (Phi) is 5.49. The molecule has 0 saturated carbocycles. The van der Waals surface area contributed by atoms with Crippen molar-refractivity contribution in [3.05, 3.63) is 84.2 Å². The zero-order chi connectivity index (χ0) is 18.4. The second kappa shape index (κ2) is 8.16. The van der Waals surface area contributed by atoms with E-state index in [2.05, 4.69) is 10.3 Å². The van der Waals surface area contributed by atoms with E-state index in [1.165, 1.54) is 0 Å². The van der Waals surface area contributed by atoms with Crippen LogP contribution in [0.5, 0.6) is 5.75 Å². The van der Waals surface area contributed by atoms with Gasteiger partial charge < -0.3 is 15.0 Å². The third kappa shape index (κ3) is 4.39. The van der Waals surface area contributed by atoms with Crippen molar-refractivity contribution in [2.45, 2.75) is 6.54 Å². The molecule has 26 heavy (non-hydrogen) atoms. The molecule has 0 bridgehead atoms. The summed E-state index contributed by atoms with van der Waals surface area (Å²) in [6.07, 6.45) is 1.63. The number of anilines is 2. The van der Waals surface area contributed by atoms with Crippen molar-refractivity contribution in [3.8, 4) is 5.75 Å². The second-order valence-electron chi connectivity index (χ2n) is 5.93. The fourth-order valence-electron chi connectivity index (χ4n) is 2.62. The fraction of sp³-hybridized carbons (Fsp3) is 0.143. The van der Waals surface area contributed by atoms with E-state index in [1.807, 2.05) is 60.7 Å². The van der Waals surface area contributed by atoms with E-state index >= 15 is 0 Å². The summed E-state index contributed by atoms with van der Waals surface area (Å²) in [5.74, 6) is 0.645. The number of methoxy groups -OCH3 is 1. The van der Waals surface area contributed by atoms with Crippen LogP contribution in [0.1, 0.15) is 16.1 Å². The van der Waals surface area contributed by atoms with E-state index in [1.54, 1.807) is 31.3 Å². The van der Waals surface area contributed by atoms with Gasteiger partial charge in [0, 0.05) is 37.2 Å². The molecule has 0 aliphatic rings. The van der Waals surface area contributed by atoms with E-state index in [-0.39, 0.29) is 5.91 Å². The number of pyridine rings is 1. The number of carbonyl (C=O) groups excluding carboxylic acids is 1. The first-order valence-electron chi connectivity index (χ1n) is 8.32. The number of hydrogen-bond donors (Lipinski definition) is 1. The van der Waals surface area contributed by atoms with Gasteiger partial charge in [0.15, 0.2) is 0 Å². The Bertz CT molecular complexity index is 881. The number of benzene rings is 2. The number of carbonyl (C=O) groups is 1. The van der Waals surface area contributed by atoms with Crippen LogP contribution in [0.15, 0.2) is 72.9 Å². The zero-order valence-corrected chi connectivity index (χ0v) is 14.8. The maximum absolute atomic E-state index is 12.7. The van der Waals surface area contributed by atoms with E-state index in [0.717, 1.165) is 22.7 Å². The SMILES string of the molecule is COc1cccc(Nc2ccnc(C(=O)N(C)Cc3ccccc3)c2)c1. The van der Waals surface area contributed by atoms with Crippen molar-refractivity contribution < 1.29 is 9.53 Å². The van der Waals surface area contributed by atoms with Gasteiger partial charge in [-0.3, -0.25) is 9.78 Å². The van der Waals surface area contributed by atoms with E-state index in [9.17, 15) is 4.79 Å². The molecule has 0 atom stereocenters. The summed E-state index contributed by atoms with van der Waals surface area (Å²) in [6, 6.07) is 21.1. The van der Waals surface area contributed by atoms with Crippen molar-refractivity contribution in [2.75, 3.05) is 19.5 Å². The summed E-state index contributed by atoms with van der Waals surface area (Å²) < 4.78 is 5.23. The van der Waals surface area contributed by atoms with Crippen LogP contribution in [-0.2, 0) is 6.54 Å². The molecule has 0 spiro atoms. The molecule has 2 aromatic carbocycles. The van der Waals surface area contributed by atoms with Gasteiger partial charge in [-0.2, -0.15) is 0 Å². The molecule has 1 heterocycles. The molecule has 0 radical (unpaired) electrons. The molecule has 0 fully saturated rings. The third-order valence-corrected chi connectivity index (χ3v) is 3.95. The Hall–Kier alpha value is -3.34. The van der Waals surface area contributed by atoms with Crippen molar-refractivity contribution in [1.82, 2.24) is 9.88 Å². The van der Waals surface area contributed by atoms with Gasteiger partial charge in [0.2, 0.25) is 0 Å². The lowest BCUT2D eigenvalue weighted by Gasteiger charge is -2.17. The van der Waals surface area contributed by atoms with Crippen molar-refractivity contribution in [1.29, 1.82) is 0 Å². The summed E-state index contributed by atoms with van der Waals surface area (Å²) in [5.41, 5.74) is 3.15. The van der Waals surface area contributed by atoms with Crippen LogP contribution in [0.2, 0.25) is 0 Å². The van der Waals surface area contributed by atoms with Gasteiger partial charge in [0.25, 0.3) is 5.91 Å². The van der Waals surface area contributed by atoms with Crippen molar-refractivity contribution >= 4 is 17.3 Å². The van der Waals surface area contributed by atoms with E-state index < -0.39 is 0 Å². The number of nitrogens with zero attached hydrogens (tertiary/aromatic N) is 2. The molecule has 1 N–H and O–H groups in total. The minimum Gasteiger partial charge on any atom is -0.497 e. The molecule has 0 saturated heterocycles. The number of rotatable bonds is 6. The number of hydrogen-bond acceptors (Lipinski definition) is 4. The molecule has 1 amide bonds. The maximum Gasteiger partial charge on any atom is 0.272 e. The zero-order valence-electron chi connectivity index (χ0n) is 14.8. The van der Waals surface area contributed by atoms with E-state index in [4.69, 9.17) is 4.74 Å². The Morgan fingerprint density at radius 2 is 1.81 bits per heavy atom. The number of amides is 1. The highest BCUT2D eigenvalue weighted by Crippen LogP contribution is 2.21. The molecule has 3 rings (SSSR count). The highest BCUT2D eigenvalue weighted by molar-refractivity contribution is 5.93. The highest BCUT2D eigenvalue weighted by atomic mass is 16.5. The fourth-order valence-corrected chi connectivity index (χ4v) is 2.62. The van der Waals surface area contributed by atoms with Crippen LogP contribution in [-0.4, -0.2) is 29.9 Å². The molecule has 0 aliphatic carbocycles. The van der Waals surface area contributed by atoms with Crippen molar-refractivity contribution in [2.24, 2.45) is 0 Å². The summed E-state index contributed by atoms with van der Waals surface area (Å²) >= 11 is 0. The van der Waals surface area contributed by atoms with Crippen LogP contribution in [0.25, 0.3) is 0 Å². The lowest BCUT2D eigenvalue weighted by Crippen LogP contribution is -2.27. The Morgan fingerprint density at radius 1 is 1.04 bits per heavy atom. The predicted molar refractivity (Wildman–Crippen MR) is 103 cm³/mol. The Labute approximate surface area is 153 Å². The molecular formula is C21H21N3O2. The average molecular weight is 347 g/mol. The highest BCUT2D eigenvalue weighted by Gasteiger charge is 2.14. The Balaban J connectivity index is 1.72. The summed E-state index contributed by atoms with van der Waals surface area (Å²) in [5, 5.41) is 3.27. The minimum atomic E-state index is -0.122. The number of aromatic nitrogens is 1. The molecule has 5 nitrogen and oxygen atoms in total. The second-order valence-corrected chi connectivity index (χ2v) is 5.93. The van der Waals surface area contributed by atoms with Gasteiger partial charge in [0.1, 0.15) is 11.4 Å². The molecular weight excluding hydrogens is 326 g/mol. The van der Waals surface area contributed by atoms with Crippen molar-refractivity contribution in [3.63, 3.8) is 0 Å². The van der Waals surface area contributed by atoms with Crippen LogP contribution in [0.3, 0.4) is 0 Å². The maximum atomic E-state index is 12.7. The summed E-state index contributed by atoms with van der Waals surface area (Å²) in [4.78, 5) is 18.6. The smallest absolute Gasteiger partial charge is 0.272 e. The number of nitrogens with one attached hydrogen (secondary N) is 1. The lowest BCUT2D eigenvalue weighted by atomic mass is 10.2.